The summed E-state index contributed by atoms with van der Waals surface area (Å²) in [7, 11) is 1.73. The van der Waals surface area contributed by atoms with Crippen molar-refractivity contribution < 1.29 is 6.16 Å². The first-order valence-corrected chi connectivity index (χ1v) is 4.02. The Hall–Kier alpha value is -0.0300. The van der Waals surface area contributed by atoms with E-state index in [1.807, 2.05) is 0 Å². The van der Waals surface area contributed by atoms with E-state index in [2.05, 4.69) is 24.2 Å². The van der Waals surface area contributed by atoms with E-state index >= 15 is 0 Å². The number of aromatic nitrogens is 1. The van der Waals surface area contributed by atoms with Gasteiger partial charge in [0, 0.05) is 26.8 Å². The van der Waals surface area contributed by atoms with E-state index in [-0.39, 0.29) is 25.4 Å². The van der Waals surface area contributed by atoms with Crippen LogP contribution in [0.1, 0.15) is 19.6 Å². The van der Waals surface area contributed by atoms with E-state index in [1.165, 1.54) is 11.3 Å². The minimum Gasteiger partial charge on any atom is -0.384 e. The Balaban J connectivity index is 0. The zero-order chi connectivity index (χ0) is 8.10. The highest BCUT2D eigenvalue weighted by atomic mass is 127. The van der Waals surface area contributed by atoms with Crippen molar-refractivity contribution in [2.75, 3.05) is 13.7 Å². The number of aromatic amines is 1. The molecule has 0 bridgehead atoms. The van der Waals surface area contributed by atoms with Crippen molar-refractivity contribution in [2.24, 2.45) is 0 Å². The van der Waals surface area contributed by atoms with Crippen molar-refractivity contribution in [3.8, 4) is 0 Å². The second kappa shape index (κ2) is 6.48. The number of rotatable bonds is 4. The summed E-state index contributed by atoms with van der Waals surface area (Å²) in [4.78, 5) is 3.21. The molecule has 0 aliphatic rings. The molecule has 0 spiro atoms. The number of aryl methyl sites for hydroxylation is 1. The molecule has 0 unspecified atom stereocenters. The molecule has 0 aliphatic heterocycles. The molecule has 0 aliphatic carbocycles. The summed E-state index contributed by atoms with van der Waals surface area (Å²) in [5.74, 6) is 0. The van der Waals surface area contributed by atoms with Gasteiger partial charge in [0.15, 0.2) is 0 Å². The van der Waals surface area contributed by atoms with E-state index in [0.717, 1.165) is 19.4 Å². The first-order valence-electron chi connectivity index (χ1n) is 4.02. The van der Waals surface area contributed by atoms with Crippen LogP contribution in [0.25, 0.3) is 0 Å². The highest BCUT2D eigenvalue weighted by Gasteiger charge is 1.95. The van der Waals surface area contributed by atoms with Crippen molar-refractivity contribution >= 4 is 24.0 Å². The van der Waals surface area contributed by atoms with Crippen LogP contribution in [-0.2, 0) is 17.6 Å². The van der Waals surface area contributed by atoms with Gasteiger partial charge in [-0.1, -0.05) is 6.92 Å². The Morgan fingerprint density at radius 3 is 2.83 bits per heavy atom. The molecule has 1 N–H and O–H groups in total. The zero-order valence-corrected chi connectivity index (χ0v) is 9.92. The smallest absolute Gasteiger partial charge is 0.0516 e. The van der Waals surface area contributed by atoms with Crippen LogP contribution in [0.4, 0.5) is 0 Å². The van der Waals surface area contributed by atoms with Crippen LogP contribution in [0, 0.1) is 0 Å². The standard InChI is InChI=1S/C9H15NO.HI.H2/c1-3-8-6-9(10-7-8)4-5-11-2;;/h6-7,10H,3-5H2,1-2H3;2*1H. The number of nitrogens with one attached hydrogen (secondary N) is 1. The van der Waals surface area contributed by atoms with Gasteiger partial charge in [0.2, 0.25) is 0 Å². The molecule has 0 fully saturated rings. The number of H-pyrrole nitrogens is 1. The summed E-state index contributed by atoms with van der Waals surface area (Å²) >= 11 is 0. The van der Waals surface area contributed by atoms with Gasteiger partial charge >= 0.3 is 0 Å². The molecule has 0 amide bonds. The number of methoxy groups -OCH3 is 1. The number of halogens is 1. The van der Waals surface area contributed by atoms with Gasteiger partial charge in [0.25, 0.3) is 0 Å². The van der Waals surface area contributed by atoms with Crippen LogP contribution in [0.15, 0.2) is 12.3 Å². The zero-order valence-electron chi connectivity index (χ0n) is 7.59. The predicted octanol–water partition coefficient (Wildman–Crippen LogP) is 2.63. The topological polar surface area (TPSA) is 25.0 Å². The van der Waals surface area contributed by atoms with E-state index in [1.54, 1.807) is 7.11 Å². The molecule has 72 valence electrons. The summed E-state index contributed by atoms with van der Waals surface area (Å²) in [5, 5.41) is 0. The number of hydrogen-bond donors (Lipinski definition) is 1. The highest BCUT2D eigenvalue weighted by Crippen LogP contribution is 2.04. The molecular weight excluding hydrogens is 265 g/mol. The Bertz CT molecular complexity index is 215. The highest BCUT2D eigenvalue weighted by molar-refractivity contribution is 14.0. The lowest BCUT2D eigenvalue weighted by Crippen LogP contribution is -1.93. The van der Waals surface area contributed by atoms with Crippen LogP contribution in [0.2, 0.25) is 0 Å². The summed E-state index contributed by atoms with van der Waals surface area (Å²) in [6.07, 6.45) is 4.14. The van der Waals surface area contributed by atoms with Crippen LogP contribution >= 0.6 is 24.0 Å². The summed E-state index contributed by atoms with van der Waals surface area (Å²) in [6, 6.07) is 2.19. The van der Waals surface area contributed by atoms with Gasteiger partial charge in [-0.15, -0.1) is 24.0 Å². The monoisotopic (exact) mass is 283 g/mol. The maximum Gasteiger partial charge on any atom is 0.0516 e. The van der Waals surface area contributed by atoms with Crippen LogP contribution in [0.3, 0.4) is 0 Å². The third kappa shape index (κ3) is 3.58. The third-order valence-corrected chi connectivity index (χ3v) is 1.79. The Labute approximate surface area is 92.2 Å². The molecule has 1 aromatic heterocycles. The van der Waals surface area contributed by atoms with Crippen LogP contribution < -0.4 is 0 Å². The Morgan fingerprint density at radius 1 is 1.58 bits per heavy atom. The molecule has 1 rings (SSSR count). The predicted molar refractivity (Wildman–Crippen MR) is 63.3 cm³/mol. The quantitative estimate of drug-likeness (QED) is 0.844. The van der Waals surface area contributed by atoms with Crippen molar-refractivity contribution in [2.45, 2.75) is 19.8 Å². The van der Waals surface area contributed by atoms with Gasteiger partial charge in [0.05, 0.1) is 6.61 Å². The van der Waals surface area contributed by atoms with Gasteiger partial charge in [-0.3, -0.25) is 0 Å². The van der Waals surface area contributed by atoms with Crippen molar-refractivity contribution in [1.82, 2.24) is 4.98 Å². The van der Waals surface area contributed by atoms with Gasteiger partial charge in [0.1, 0.15) is 0 Å². The molecule has 1 heterocycles. The summed E-state index contributed by atoms with van der Waals surface area (Å²) in [5.41, 5.74) is 2.64. The van der Waals surface area contributed by atoms with Crippen molar-refractivity contribution in [3.63, 3.8) is 0 Å². The van der Waals surface area contributed by atoms with Gasteiger partial charge in [-0.2, -0.15) is 0 Å². The van der Waals surface area contributed by atoms with Gasteiger partial charge < -0.3 is 9.72 Å². The Morgan fingerprint density at radius 2 is 2.33 bits per heavy atom. The summed E-state index contributed by atoms with van der Waals surface area (Å²) in [6.45, 7) is 2.95. The normalized spacial score (nSPS) is 9.50. The van der Waals surface area contributed by atoms with Gasteiger partial charge in [-0.05, 0) is 18.1 Å². The van der Waals surface area contributed by atoms with E-state index in [4.69, 9.17) is 4.74 Å². The maximum absolute atomic E-state index is 4.97. The van der Waals surface area contributed by atoms with Crippen molar-refractivity contribution in [1.29, 1.82) is 0 Å². The molecule has 12 heavy (non-hydrogen) atoms. The second-order valence-corrected chi connectivity index (χ2v) is 2.63. The molecule has 0 saturated carbocycles. The minimum absolute atomic E-state index is 0. The maximum atomic E-state index is 4.97. The lowest BCUT2D eigenvalue weighted by Gasteiger charge is -1.94. The lowest BCUT2D eigenvalue weighted by molar-refractivity contribution is 0.201. The van der Waals surface area contributed by atoms with E-state index in [0.29, 0.717) is 0 Å². The van der Waals surface area contributed by atoms with E-state index in [9.17, 15) is 0 Å². The first-order chi connectivity index (χ1) is 5.36. The number of hydrogen-bond acceptors (Lipinski definition) is 1. The first kappa shape index (κ1) is 12.0. The van der Waals surface area contributed by atoms with Crippen molar-refractivity contribution in [3.05, 3.63) is 23.5 Å². The fourth-order valence-corrected chi connectivity index (χ4v) is 1.05. The van der Waals surface area contributed by atoms with Crippen LogP contribution in [0.5, 0.6) is 0 Å². The summed E-state index contributed by atoms with van der Waals surface area (Å²) < 4.78 is 4.97. The lowest BCUT2D eigenvalue weighted by atomic mass is 10.2. The average Bonchev–Trinajstić information content (AvgIpc) is 2.48. The average molecular weight is 283 g/mol. The number of ether oxygens (including phenoxy) is 1. The van der Waals surface area contributed by atoms with Crippen LogP contribution in [-0.4, -0.2) is 18.7 Å². The largest absolute Gasteiger partial charge is 0.384 e. The molecule has 2 nitrogen and oxygen atoms in total. The third-order valence-electron chi connectivity index (χ3n) is 1.79. The fourth-order valence-electron chi connectivity index (χ4n) is 1.05. The molecule has 3 heteroatoms. The minimum atomic E-state index is 0. The molecule has 0 radical (unpaired) electrons. The molecule has 0 atom stereocenters. The SMILES string of the molecule is CCc1c[nH]c(CCOC)c1.I.[HH]. The van der Waals surface area contributed by atoms with E-state index < -0.39 is 0 Å². The molecule has 0 aromatic carbocycles. The van der Waals surface area contributed by atoms with Gasteiger partial charge in [-0.25, -0.2) is 0 Å². The second-order valence-electron chi connectivity index (χ2n) is 2.63. The molecular formula is C9H18INO. The fraction of sp³-hybridized carbons (Fsp3) is 0.556. The molecule has 0 saturated heterocycles. The molecule has 1 aromatic rings. The Kier molecular flexibility index (Phi) is 6.47.